The fourth-order valence-corrected chi connectivity index (χ4v) is 8.60. The molecule has 3 aliphatic carbocycles. The maximum Gasteiger partial charge on any atom is 0.164 e. The van der Waals surface area contributed by atoms with Crippen LogP contribution in [0, 0.1) is 5.41 Å². The van der Waals surface area contributed by atoms with E-state index in [1.54, 1.807) is 0 Å². The minimum Gasteiger partial charge on any atom is -0.456 e. The molecule has 3 heterocycles. The van der Waals surface area contributed by atoms with E-state index in [9.17, 15) is 0 Å². The van der Waals surface area contributed by atoms with Crippen molar-refractivity contribution in [2.24, 2.45) is 5.41 Å². The molecule has 252 valence electrons. The Kier molecular flexibility index (Phi) is 6.50. The van der Waals surface area contributed by atoms with E-state index < -0.39 is 0 Å². The zero-order valence-corrected chi connectivity index (χ0v) is 29.1. The number of fused-ring (bicyclic) bond motifs is 9. The van der Waals surface area contributed by atoms with Gasteiger partial charge in [0.25, 0.3) is 0 Å². The molecule has 0 saturated heterocycles. The van der Waals surface area contributed by atoms with Gasteiger partial charge in [-0.25, -0.2) is 15.0 Å². The normalized spacial score (nSPS) is 18.8. The van der Waals surface area contributed by atoms with Crippen molar-refractivity contribution in [2.75, 3.05) is 0 Å². The SMILES string of the molecule is CC12C=Cc3ccccc3C1=CC(c1nc(-c3ccccc3)nc(-c3ccc(C4CC=Cc5oc6ccccc6c54)c4oc5ccccc5c34)n1)=CC2. The Morgan fingerprint density at radius 2 is 1.40 bits per heavy atom. The van der Waals surface area contributed by atoms with Gasteiger partial charge in [-0.05, 0) is 59.9 Å². The fraction of sp³-hybridized carbons (Fsp3) is 0.104. The molecule has 5 nitrogen and oxygen atoms in total. The summed E-state index contributed by atoms with van der Waals surface area (Å²) < 4.78 is 13.1. The predicted octanol–water partition coefficient (Wildman–Crippen LogP) is 12.3. The van der Waals surface area contributed by atoms with E-state index in [0.717, 1.165) is 73.8 Å². The van der Waals surface area contributed by atoms with Gasteiger partial charge in [-0.2, -0.15) is 0 Å². The number of nitrogens with zero attached hydrogens (tertiary/aromatic N) is 3. The summed E-state index contributed by atoms with van der Waals surface area (Å²) in [6.45, 7) is 2.31. The largest absolute Gasteiger partial charge is 0.456 e. The van der Waals surface area contributed by atoms with Crippen LogP contribution in [-0.4, -0.2) is 15.0 Å². The molecule has 0 saturated carbocycles. The van der Waals surface area contributed by atoms with Crippen LogP contribution in [0.2, 0.25) is 0 Å². The van der Waals surface area contributed by atoms with Crippen LogP contribution in [0.3, 0.4) is 0 Å². The molecule has 3 aromatic heterocycles. The number of allylic oxidation sites excluding steroid dienone is 6. The molecule has 0 fully saturated rings. The third kappa shape index (κ3) is 4.67. The summed E-state index contributed by atoms with van der Waals surface area (Å²) in [7, 11) is 0. The summed E-state index contributed by atoms with van der Waals surface area (Å²) in [5.41, 5.74) is 11.5. The number of para-hydroxylation sites is 2. The van der Waals surface area contributed by atoms with Crippen LogP contribution in [0.5, 0.6) is 0 Å². The third-order valence-corrected chi connectivity index (χ3v) is 11.3. The molecule has 0 aliphatic heterocycles. The summed E-state index contributed by atoms with van der Waals surface area (Å²) >= 11 is 0. The van der Waals surface area contributed by atoms with Crippen molar-refractivity contribution in [3.63, 3.8) is 0 Å². The van der Waals surface area contributed by atoms with Crippen LogP contribution in [0.25, 0.3) is 79.0 Å². The van der Waals surface area contributed by atoms with Crippen molar-refractivity contribution in [1.82, 2.24) is 15.0 Å². The lowest BCUT2D eigenvalue weighted by atomic mass is 9.68. The lowest BCUT2D eigenvalue weighted by Gasteiger charge is -2.35. The number of hydrogen-bond donors (Lipinski definition) is 0. The Bertz CT molecular complexity index is 2920. The van der Waals surface area contributed by atoms with Crippen LogP contribution in [0.15, 0.2) is 148 Å². The first-order valence-electron chi connectivity index (χ1n) is 18.3. The number of rotatable bonds is 4. The molecule has 8 aromatic rings. The highest BCUT2D eigenvalue weighted by atomic mass is 16.3. The number of benzene rings is 5. The van der Waals surface area contributed by atoms with E-state index in [4.69, 9.17) is 23.8 Å². The van der Waals surface area contributed by atoms with Gasteiger partial charge in [0.15, 0.2) is 17.5 Å². The van der Waals surface area contributed by atoms with E-state index in [0.29, 0.717) is 17.5 Å². The van der Waals surface area contributed by atoms with E-state index in [2.05, 4.69) is 116 Å². The summed E-state index contributed by atoms with van der Waals surface area (Å²) in [6.07, 6.45) is 15.2. The average Bonchev–Trinajstić information content (AvgIpc) is 3.80. The summed E-state index contributed by atoms with van der Waals surface area (Å²) in [5, 5.41) is 3.18. The molecule has 5 heteroatoms. The Morgan fingerprint density at radius 1 is 0.660 bits per heavy atom. The van der Waals surface area contributed by atoms with Crippen molar-refractivity contribution in [3.8, 4) is 22.8 Å². The molecule has 2 atom stereocenters. The highest BCUT2D eigenvalue weighted by Gasteiger charge is 2.34. The molecule has 11 rings (SSSR count). The second-order valence-electron chi connectivity index (χ2n) is 14.5. The fourth-order valence-electron chi connectivity index (χ4n) is 8.60. The molecule has 53 heavy (non-hydrogen) atoms. The first-order chi connectivity index (χ1) is 26.1. The number of aromatic nitrogens is 3. The zero-order chi connectivity index (χ0) is 35.1. The first-order valence-corrected chi connectivity index (χ1v) is 18.3. The minimum absolute atomic E-state index is 0.0605. The minimum atomic E-state index is -0.0951. The van der Waals surface area contributed by atoms with Crippen molar-refractivity contribution in [2.45, 2.75) is 25.7 Å². The second-order valence-corrected chi connectivity index (χ2v) is 14.5. The molecule has 3 aliphatic rings. The van der Waals surface area contributed by atoms with Crippen molar-refractivity contribution < 1.29 is 8.83 Å². The lowest BCUT2D eigenvalue weighted by Crippen LogP contribution is -2.21. The Balaban J connectivity index is 1.13. The van der Waals surface area contributed by atoms with Crippen LogP contribution >= 0.6 is 0 Å². The molecule has 0 radical (unpaired) electrons. The first kappa shape index (κ1) is 30.1. The monoisotopic (exact) mass is 683 g/mol. The highest BCUT2D eigenvalue weighted by Crippen LogP contribution is 2.50. The van der Waals surface area contributed by atoms with E-state index in [-0.39, 0.29) is 11.3 Å². The quantitative estimate of drug-likeness (QED) is 0.185. The second kappa shape index (κ2) is 11.5. The van der Waals surface area contributed by atoms with Gasteiger partial charge >= 0.3 is 0 Å². The summed E-state index contributed by atoms with van der Waals surface area (Å²) in [6, 6.07) is 39.8. The van der Waals surface area contributed by atoms with Gasteiger partial charge in [-0.1, -0.05) is 128 Å². The molecule has 0 N–H and O–H groups in total. The summed E-state index contributed by atoms with van der Waals surface area (Å²) in [4.78, 5) is 15.6. The van der Waals surface area contributed by atoms with Crippen molar-refractivity contribution in [1.29, 1.82) is 0 Å². The van der Waals surface area contributed by atoms with Gasteiger partial charge in [0, 0.05) is 55.3 Å². The van der Waals surface area contributed by atoms with Gasteiger partial charge in [-0.15, -0.1) is 0 Å². The van der Waals surface area contributed by atoms with E-state index >= 15 is 0 Å². The van der Waals surface area contributed by atoms with Crippen LogP contribution in [-0.2, 0) is 0 Å². The Labute approximate surface area is 306 Å². The van der Waals surface area contributed by atoms with Gasteiger partial charge < -0.3 is 8.83 Å². The summed E-state index contributed by atoms with van der Waals surface area (Å²) in [5.74, 6) is 2.89. The molecular weight excluding hydrogens is 651 g/mol. The standard InChI is InChI=1S/C48H33N3O2/c1-48-26-24-29-12-5-6-15-32(29)38(48)28-31(25-27-48)46-49-45(30-13-3-2-4-14-30)50-47(51-46)37-23-22-34(44-43(37)36-17-8-10-20-40(36)53-44)33-18-11-21-41-42(33)35-16-7-9-19-39(35)52-41/h2-17,19-26,28,33H,18,27H2,1H3. The van der Waals surface area contributed by atoms with Gasteiger partial charge in [0.1, 0.15) is 22.5 Å². The molecule has 0 spiro atoms. The number of furan rings is 2. The predicted molar refractivity (Wildman–Crippen MR) is 214 cm³/mol. The Morgan fingerprint density at radius 3 is 2.28 bits per heavy atom. The lowest BCUT2D eigenvalue weighted by molar-refractivity contribution is 0.579. The molecule has 5 aromatic carbocycles. The molecule has 2 unspecified atom stereocenters. The maximum atomic E-state index is 6.81. The van der Waals surface area contributed by atoms with Gasteiger partial charge in [0.05, 0.1) is 0 Å². The average molecular weight is 684 g/mol. The third-order valence-electron chi connectivity index (χ3n) is 11.3. The van der Waals surface area contributed by atoms with E-state index in [1.165, 1.54) is 22.3 Å². The van der Waals surface area contributed by atoms with Gasteiger partial charge in [-0.3, -0.25) is 0 Å². The zero-order valence-electron chi connectivity index (χ0n) is 29.1. The molecule has 0 bridgehead atoms. The highest BCUT2D eigenvalue weighted by molar-refractivity contribution is 6.13. The van der Waals surface area contributed by atoms with Crippen LogP contribution in [0.1, 0.15) is 59.5 Å². The maximum absolute atomic E-state index is 6.81. The molecular formula is C48H33N3O2. The molecule has 0 amide bonds. The van der Waals surface area contributed by atoms with E-state index in [1.807, 2.05) is 42.5 Å². The topological polar surface area (TPSA) is 65.0 Å². The van der Waals surface area contributed by atoms with Gasteiger partial charge in [0.2, 0.25) is 0 Å². The number of hydrogen-bond acceptors (Lipinski definition) is 5. The van der Waals surface area contributed by atoms with Crippen LogP contribution in [0.4, 0.5) is 0 Å². The smallest absolute Gasteiger partial charge is 0.164 e. The Hall–Kier alpha value is -6.59. The van der Waals surface area contributed by atoms with Crippen molar-refractivity contribution in [3.05, 3.63) is 173 Å². The van der Waals surface area contributed by atoms with Crippen molar-refractivity contribution >= 4 is 56.2 Å². The van der Waals surface area contributed by atoms with Crippen LogP contribution < -0.4 is 0 Å².